The second-order valence-electron chi connectivity index (χ2n) is 9.43. The number of ether oxygens (including phenoxy) is 2. The molecular formula is C23H27ClN5O8PS. The van der Waals surface area contributed by atoms with Gasteiger partial charge in [-0.05, 0) is 50.3 Å². The number of halogens is 1. The van der Waals surface area contributed by atoms with Gasteiger partial charge in [-0.1, -0.05) is 11.6 Å². The van der Waals surface area contributed by atoms with E-state index in [1.807, 2.05) is 6.26 Å². The maximum absolute atomic E-state index is 13.9. The van der Waals surface area contributed by atoms with Gasteiger partial charge in [0.25, 0.3) is 0 Å². The number of aliphatic hydroxyl groups excluding tert-OH is 1. The van der Waals surface area contributed by atoms with Crippen molar-refractivity contribution >= 4 is 48.2 Å². The summed E-state index contributed by atoms with van der Waals surface area (Å²) in [4.78, 5) is 25.1. The van der Waals surface area contributed by atoms with Gasteiger partial charge in [0.15, 0.2) is 11.9 Å². The highest BCUT2D eigenvalue weighted by Gasteiger charge is 2.58. The average Bonchev–Trinajstić information content (AvgIpc) is 3.50. The van der Waals surface area contributed by atoms with Gasteiger partial charge >= 0.3 is 13.7 Å². The third kappa shape index (κ3) is 5.40. The van der Waals surface area contributed by atoms with Gasteiger partial charge in [0, 0.05) is 5.02 Å². The first-order valence-electron chi connectivity index (χ1n) is 11.9. The Hall–Kier alpha value is -2.29. The number of aromatic nitrogens is 4. The van der Waals surface area contributed by atoms with E-state index in [2.05, 4.69) is 20.0 Å². The van der Waals surface area contributed by atoms with Crippen LogP contribution in [0.25, 0.3) is 11.2 Å². The van der Waals surface area contributed by atoms with E-state index in [-0.39, 0.29) is 5.75 Å². The van der Waals surface area contributed by atoms with Crippen molar-refractivity contribution < 1.29 is 38.1 Å². The molecule has 2 aromatic heterocycles. The zero-order valence-corrected chi connectivity index (χ0v) is 23.7. The second kappa shape index (κ2) is 10.6. The van der Waals surface area contributed by atoms with Crippen molar-refractivity contribution in [1.82, 2.24) is 24.6 Å². The molecular weight excluding hydrogens is 573 g/mol. The SMILES string of the molecule is COC(=O)C1(NP(=O)(OCC2OC(n3cnc4c(SC)ncnc43)[C@](C)(O)[C@@H]2O)Oc2ccc(Cl)cc2)CC1. The number of carbonyl (C=O) groups is 1. The molecule has 0 bridgehead atoms. The van der Waals surface area contributed by atoms with Crippen molar-refractivity contribution in [2.45, 2.75) is 54.4 Å². The van der Waals surface area contributed by atoms with E-state index in [0.29, 0.717) is 34.1 Å². The summed E-state index contributed by atoms with van der Waals surface area (Å²) in [6, 6.07) is 6.08. The second-order valence-corrected chi connectivity index (χ2v) is 12.3. The Morgan fingerprint density at radius 3 is 2.67 bits per heavy atom. The monoisotopic (exact) mass is 599 g/mol. The van der Waals surface area contributed by atoms with Crippen LogP contribution in [-0.4, -0.2) is 79.0 Å². The molecule has 0 spiro atoms. The molecule has 2 fully saturated rings. The number of esters is 1. The van der Waals surface area contributed by atoms with E-state index in [1.165, 1.54) is 55.1 Å². The Morgan fingerprint density at radius 2 is 2.03 bits per heavy atom. The summed E-state index contributed by atoms with van der Waals surface area (Å²) in [5, 5.41) is 26.0. The molecule has 13 nitrogen and oxygen atoms in total. The number of imidazole rings is 1. The van der Waals surface area contributed by atoms with Crippen molar-refractivity contribution in [1.29, 1.82) is 0 Å². The number of nitrogens with zero attached hydrogens (tertiary/aromatic N) is 4. The van der Waals surface area contributed by atoms with E-state index >= 15 is 0 Å². The molecule has 3 unspecified atom stereocenters. The lowest BCUT2D eigenvalue weighted by molar-refractivity contribution is -0.144. The van der Waals surface area contributed by atoms with Crippen LogP contribution in [-0.2, 0) is 23.4 Å². The summed E-state index contributed by atoms with van der Waals surface area (Å²) >= 11 is 7.33. The van der Waals surface area contributed by atoms with Crippen molar-refractivity contribution in [2.24, 2.45) is 0 Å². The Balaban J connectivity index is 1.38. The minimum absolute atomic E-state index is 0.169. The maximum Gasteiger partial charge on any atom is 0.459 e. The van der Waals surface area contributed by atoms with Gasteiger partial charge in [-0.2, -0.15) is 5.09 Å². The molecule has 0 amide bonds. The van der Waals surface area contributed by atoms with Crippen LogP contribution >= 0.6 is 31.1 Å². The molecule has 210 valence electrons. The summed E-state index contributed by atoms with van der Waals surface area (Å²) < 4.78 is 37.6. The number of hydrogen-bond acceptors (Lipinski definition) is 12. The minimum atomic E-state index is -4.24. The fourth-order valence-corrected chi connectivity index (χ4v) is 6.72. The van der Waals surface area contributed by atoms with Gasteiger partial charge in [-0.15, -0.1) is 11.8 Å². The van der Waals surface area contributed by atoms with Crippen LogP contribution in [0.4, 0.5) is 0 Å². The molecule has 1 saturated heterocycles. The number of fused-ring (bicyclic) bond motifs is 1. The quantitative estimate of drug-likeness (QED) is 0.135. The lowest BCUT2D eigenvalue weighted by Gasteiger charge is -2.27. The smallest absolute Gasteiger partial charge is 0.459 e. The molecule has 1 saturated carbocycles. The number of benzene rings is 1. The Kier molecular flexibility index (Phi) is 7.68. The third-order valence-corrected chi connectivity index (χ3v) is 9.23. The molecule has 1 aromatic carbocycles. The predicted molar refractivity (Wildman–Crippen MR) is 140 cm³/mol. The van der Waals surface area contributed by atoms with E-state index in [4.69, 9.17) is 30.1 Å². The number of methoxy groups -OCH3 is 1. The molecule has 1 aliphatic heterocycles. The lowest BCUT2D eigenvalue weighted by atomic mass is 9.96. The molecule has 39 heavy (non-hydrogen) atoms. The van der Waals surface area contributed by atoms with E-state index in [1.54, 1.807) is 12.1 Å². The van der Waals surface area contributed by atoms with E-state index in [9.17, 15) is 19.6 Å². The molecule has 3 aromatic rings. The fraction of sp³-hybridized carbons (Fsp3) is 0.478. The van der Waals surface area contributed by atoms with Crippen LogP contribution in [0.5, 0.6) is 5.75 Å². The summed E-state index contributed by atoms with van der Waals surface area (Å²) in [7, 11) is -3.01. The third-order valence-electron chi connectivity index (χ3n) is 6.65. The topological polar surface area (TPSA) is 167 Å². The van der Waals surface area contributed by atoms with E-state index < -0.39 is 49.9 Å². The first-order valence-corrected chi connectivity index (χ1v) is 15.0. The standard InChI is InChI=1S/C23H27ClN5O8PS/c1-22(32)17(30)15(36-20(22)29-12-27-16-18(29)25-11-26-19(16)39-3)10-35-38(33,28-23(8-9-23)21(31)34-2)37-14-6-4-13(24)5-7-14/h4-7,11-12,15,17,20,30,32H,8-10H2,1-3H3,(H,28,33)/t15?,17-,20?,22-,38?/m1/s1. The zero-order chi connectivity index (χ0) is 28.0. The Bertz CT molecular complexity index is 1420. The Labute approximate surface area is 232 Å². The normalized spacial score (nSPS) is 27.3. The molecule has 3 heterocycles. The number of nitrogens with one attached hydrogen (secondary N) is 1. The minimum Gasteiger partial charge on any atom is -0.468 e. The van der Waals surface area contributed by atoms with Crippen molar-refractivity contribution in [3.8, 4) is 5.75 Å². The average molecular weight is 600 g/mol. The summed E-state index contributed by atoms with van der Waals surface area (Å²) in [5.41, 5.74) is -2.11. The van der Waals surface area contributed by atoms with E-state index in [0.717, 1.165) is 0 Å². The largest absolute Gasteiger partial charge is 0.468 e. The molecule has 1 aliphatic carbocycles. The summed E-state index contributed by atoms with van der Waals surface area (Å²) in [6.07, 6.45) is 1.70. The van der Waals surface area contributed by atoms with Gasteiger partial charge in [0.1, 0.15) is 46.0 Å². The predicted octanol–water partition coefficient (Wildman–Crippen LogP) is 2.71. The molecule has 16 heteroatoms. The van der Waals surface area contributed by atoms with Crippen molar-refractivity contribution in [2.75, 3.05) is 20.0 Å². The van der Waals surface area contributed by atoms with Gasteiger partial charge in [0.05, 0.1) is 20.0 Å². The van der Waals surface area contributed by atoms with Gasteiger partial charge in [0.2, 0.25) is 0 Å². The number of rotatable bonds is 10. The highest BCUT2D eigenvalue weighted by atomic mass is 35.5. The summed E-state index contributed by atoms with van der Waals surface area (Å²) in [5.74, 6) is -0.437. The highest BCUT2D eigenvalue weighted by molar-refractivity contribution is 7.98. The molecule has 5 rings (SSSR count). The molecule has 2 aliphatic rings. The molecule has 3 N–H and O–H groups in total. The van der Waals surface area contributed by atoms with Crippen LogP contribution in [0.3, 0.4) is 0 Å². The number of hydrogen-bond donors (Lipinski definition) is 3. The number of aliphatic hydroxyl groups is 2. The first-order chi connectivity index (χ1) is 18.5. The van der Waals surface area contributed by atoms with Crippen LogP contribution in [0, 0.1) is 0 Å². The molecule has 0 radical (unpaired) electrons. The fourth-order valence-electron chi connectivity index (χ4n) is 4.36. The van der Waals surface area contributed by atoms with Crippen molar-refractivity contribution in [3.05, 3.63) is 41.9 Å². The number of thioether (sulfide) groups is 1. The van der Waals surface area contributed by atoms with Crippen LogP contribution in [0.1, 0.15) is 26.0 Å². The van der Waals surface area contributed by atoms with Gasteiger partial charge < -0.3 is 24.2 Å². The van der Waals surface area contributed by atoms with Crippen LogP contribution in [0.15, 0.2) is 41.9 Å². The van der Waals surface area contributed by atoms with Gasteiger partial charge in [-0.3, -0.25) is 13.9 Å². The zero-order valence-electron chi connectivity index (χ0n) is 21.2. The van der Waals surface area contributed by atoms with Crippen LogP contribution < -0.4 is 9.61 Å². The Morgan fingerprint density at radius 1 is 1.31 bits per heavy atom. The summed E-state index contributed by atoms with van der Waals surface area (Å²) in [6.45, 7) is 0.948. The van der Waals surface area contributed by atoms with Gasteiger partial charge in [-0.25, -0.2) is 19.5 Å². The van der Waals surface area contributed by atoms with Crippen LogP contribution in [0.2, 0.25) is 5.02 Å². The molecule has 5 atom stereocenters. The first kappa shape index (κ1) is 28.2. The number of carbonyl (C=O) groups excluding carboxylic acids is 1. The highest BCUT2D eigenvalue weighted by Crippen LogP contribution is 2.53. The maximum atomic E-state index is 13.9. The van der Waals surface area contributed by atoms with Crippen molar-refractivity contribution in [3.63, 3.8) is 0 Å². The lowest BCUT2D eigenvalue weighted by Crippen LogP contribution is -2.44.